The van der Waals surface area contributed by atoms with E-state index in [1.165, 1.54) is 7.11 Å². The number of para-hydroxylation sites is 1. The lowest BCUT2D eigenvalue weighted by Gasteiger charge is -2.18. The van der Waals surface area contributed by atoms with Gasteiger partial charge in [-0.3, -0.25) is 14.4 Å². The Balaban J connectivity index is 1.93. The molecule has 0 saturated heterocycles. The van der Waals surface area contributed by atoms with E-state index in [-0.39, 0.29) is 30.6 Å². The number of rotatable bonds is 8. The minimum Gasteiger partial charge on any atom is -0.467 e. The molecule has 0 spiro atoms. The highest BCUT2D eigenvalue weighted by Gasteiger charge is 2.28. The molecule has 2 atom stereocenters. The van der Waals surface area contributed by atoms with Gasteiger partial charge in [0, 0.05) is 6.42 Å². The van der Waals surface area contributed by atoms with Crippen molar-refractivity contribution in [2.24, 2.45) is 0 Å². The number of benzene rings is 1. The molecule has 1 aromatic rings. The Labute approximate surface area is 161 Å². The Bertz CT molecular complexity index is 725. The molecule has 3 amide bonds. The van der Waals surface area contributed by atoms with Crippen molar-refractivity contribution in [2.45, 2.75) is 31.3 Å². The number of fused-ring (bicyclic) bond motifs is 1. The molecule has 8 nitrogen and oxygen atoms in total. The third-order valence-corrected chi connectivity index (χ3v) is 4.79. The lowest BCUT2D eigenvalue weighted by molar-refractivity contribution is -0.145. The van der Waals surface area contributed by atoms with Crippen LogP contribution in [0, 0.1) is 0 Å². The predicted octanol–water partition coefficient (Wildman–Crippen LogP) is 0.928. The minimum atomic E-state index is -0.835. The lowest BCUT2D eigenvalue weighted by atomic mass is 10.1. The summed E-state index contributed by atoms with van der Waals surface area (Å²) in [5.74, 6) is -0.946. The second-order valence-corrected chi connectivity index (χ2v) is 7.01. The van der Waals surface area contributed by atoms with Crippen LogP contribution < -0.4 is 16.0 Å². The highest BCUT2D eigenvalue weighted by molar-refractivity contribution is 7.98. The lowest BCUT2D eigenvalue weighted by Crippen LogP contribution is -2.44. The van der Waals surface area contributed by atoms with Gasteiger partial charge in [0.15, 0.2) is 0 Å². The number of methoxy groups -OCH3 is 1. The standard InChI is InChI=1S/C18H23N3O5S/c1-26-18(25)14(9-10-27-2)19-15(22)8-7-13-17(24)20-12-6-4-3-5-11(12)16(23)21-13/h3-6,13-14H,7-10H2,1-2H3,(H,19,22)(H,20,24)(H,21,23)/t13-,14+/m0/s1. The second-order valence-electron chi connectivity index (χ2n) is 6.02. The van der Waals surface area contributed by atoms with Crippen molar-refractivity contribution in [2.75, 3.05) is 24.4 Å². The molecule has 1 aliphatic heterocycles. The molecule has 0 bridgehead atoms. The third kappa shape index (κ3) is 5.72. The van der Waals surface area contributed by atoms with Crippen LogP contribution in [0.4, 0.5) is 5.69 Å². The molecule has 9 heteroatoms. The van der Waals surface area contributed by atoms with Crippen molar-refractivity contribution in [3.05, 3.63) is 29.8 Å². The van der Waals surface area contributed by atoms with Crippen molar-refractivity contribution in [3.63, 3.8) is 0 Å². The fourth-order valence-corrected chi connectivity index (χ4v) is 3.16. The summed E-state index contributed by atoms with van der Waals surface area (Å²) in [4.78, 5) is 48.5. The average Bonchev–Trinajstić information content (AvgIpc) is 2.79. The maximum Gasteiger partial charge on any atom is 0.328 e. The number of hydrogen-bond acceptors (Lipinski definition) is 6. The molecule has 2 rings (SSSR count). The summed E-state index contributed by atoms with van der Waals surface area (Å²) in [5, 5.41) is 7.96. The van der Waals surface area contributed by atoms with Crippen molar-refractivity contribution in [1.82, 2.24) is 10.6 Å². The van der Waals surface area contributed by atoms with E-state index in [9.17, 15) is 19.2 Å². The summed E-state index contributed by atoms with van der Waals surface area (Å²) >= 11 is 1.56. The van der Waals surface area contributed by atoms with Gasteiger partial charge >= 0.3 is 5.97 Å². The van der Waals surface area contributed by atoms with Crippen molar-refractivity contribution < 1.29 is 23.9 Å². The van der Waals surface area contributed by atoms with Gasteiger partial charge in [0.1, 0.15) is 12.1 Å². The molecule has 3 N–H and O–H groups in total. The van der Waals surface area contributed by atoms with Gasteiger partial charge in [0.2, 0.25) is 11.8 Å². The zero-order valence-electron chi connectivity index (χ0n) is 15.2. The van der Waals surface area contributed by atoms with E-state index in [0.29, 0.717) is 23.4 Å². The first-order valence-electron chi connectivity index (χ1n) is 8.53. The average molecular weight is 393 g/mol. The summed E-state index contributed by atoms with van der Waals surface area (Å²) in [6, 6.07) is 5.14. The number of esters is 1. The van der Waals surface area contributed by atoms with Crippen molar-refractivity contribution in [1.29, 1.82) is 0 Å². The van der Waals surface area contributed by atoms with Crippen LogP contribution in [0.5, 0.6) is 0 Å². The Morgan fingerprint density at radius 1 is 1.30 bits per heavy atom. The summed E-state index contributed by atoms with van der Waals surface area (Å²) in [6.07, 6.45) is 2.46. The molecule has 0 aliphatic carbocycles. The SMILES string of the molecule is COC(=O)[C@@H](CCSC)NC(=O)CC[C@@H]1NC(=O)c2ccccc2NC1=O. The van der Waals surface area contributed by atoms with Crippen LogP contribution >= 0.6 is 11.8 Å². The molecule has 27 heavy (non-hydrogen) atoms. The molecule has 0 unspecified atom stereocenters. The van der Waals surface area contributed by atoms with Gasteiger partial charge in [0.25, 0.3) is 5.91 Å². The predicted molar refractivity (Wildman–Crippen MR) is 103 cm³/mol. The van der Waals surface area contributed by atoms with Crippen LogP contribution in [0.1, 0.15) is 29.6 Å². The van der Waals surface area contributed by atoms with Crippen molar-refractivity contribution >= 4 is 41.1 Å². The maximum absolute atomic E-state index is 12.3. The molecular formula is C18H23N3O5S. The molecule has 1 aromatic carbocycles. The van der Waals surface area contributed by atoms with Gasteiger partial charge in [-0.15, -0.1) is 0 Å². The smallest absolute Gasteiger partial charge is 0.328 e. The minimum absolute atomic E-state index is 0.0124. The van der Waals surface area contributed by atoms with E-state index in [0.717, 1.165) is 0 Å². The third-order valence-electron chi connectivity index (χ3n) is 4.14. The molecule has 1 aliphatic rings. The Morgan fingerprint density at radius 3 is 2.74 bits per heavy atom. The normalized spacial score (nSPS) is 17.0. The fourth-order valence-electron chi connectivity index (χ4n) is 2.68. The molecular weight excluding hydrogens is 370 g/mol. The Kier molecular flexibility index (Phi) is 7.66. The van der Waals surface area contributed by atoms with Gasteiger partial charge in [-0.2, -0.15) is 11.8 Å². The quantitative estimate of drug-likeness (QED) is 0.566. The number of anilines is 1. The molecule has 0 fully saturated rings. The van der Waals surface area contributed by atoms with Gasteiger partial charge in [-0.25, -0.2) is 4.79 Å². The molecule has 0 radical (unpaired) electrons. The van der Waals surface area contributed by atoms with E-state index >= 15 is 0 Å². The van der Waals surface area contributed by atoms with E-state index in [1.54, 1.807) is 36.0 Å². The highest BCUT2D eigenvalue weighted by atomic mass is 32.2. The van der Waals surface area contributed by atoms with E-state index in [2.05, 4.69) is 16.0 Å². The zero-order valence-corrected chi connectivity index (χ0v) is 16.1. The first-order chi connectivity index (χ1) is 13.0. The summed E-state index contributed by atoms with van der Waals surface area (Å²) in [5.41, 5.74) is 0.815. The molecule has 146 valence electrons. The largest absolute Gasteiger partial charge is 0.467 e. The van der Waals surface area contributed by atoms with Crippen LogP contribution in [0.15, 0.2) is 24.3 Å². The van der Waals surface area contributed by atoms with E-state index in [1.807, 2.05) is 6.26 Å². The molecule has 1 heterocycles. The van der Waals surface area contributed by atoms with Gasteiger partial charge < -0.3 is 20.7 Å². The number of carbonyl (C=O) groups is 4. The van der Waals surface area contributed by atoms with Crippen LogP contribution in [0.3, 0.4) is 0 Å². The summed E-state index contributed by atoms with van der Waals surface area (Å²) < 4.78 is 4.70. The van der Waals surface area contributed by atoms with Crippen LogP contribution in [0.2, 0.25) is 0 Å². The summed E-state index contributed by atoms with van der Waals surface area (Å²) in [6.45, 7) is 0. The monoisotopic (exact) mass is 393 g/mol. The number of hydrogen-bond donors (Lipinski definition) is 3. The number of carbonyl (C=O) groups excluding carboxylic acids is 4. The zero-order chi connectivity index (χ0) is 19.8. The van der Waals surface area contributed by atoms with Crippen molar-refractivity contribution in [3.8, 4) is 0 Å². The van der Waals surface area contributed by atoms with E-state index in [4.69, 9.17) is 4.74 Å². The highest BCUT2D eigenvalue weighted by Crippen LogP contribution is 2.19. The van der Waals surface area contributed by atoms with Crippen LogP contribution in [-0.4, -0.2) is 54.9 Å². The van der Waals surface area contributed by atoms with Crippen LogP contribution in [0.25, 0.3) is 0 Å². The number of thioether (sulfide) groups is 1. The fraction of sp³-hybridized carbons (Fsp3) is 0.444. The maximum atomic E-state index is 12.3. The summed E-state index contributed by atoms with van der Waals surface area (Å²) in [7, 11) is 1.27. The number of nitrogens with one attached hydrogen (secondary N) is 3. The molecule has 0 aromatic heterocycles. The van der Waals surface area contributed by atoms with Gasteiger partial charge in [-0.1, -0.05) is 12.1 Å². The number of amides is 3. The molecule has 0 saturated carbocycles. The first kappa shape index (κ1) is 20.8. The van der Waals surface area contributed by atoms with Gasteiger partial charge in [-0.05, 0) is 37.0 Å². The Hall–Kier alpha value is -2.55. The van der Waals surface area contributed by atoms with Gasteiger partial charge in [0.05, 0.1) is 18.4 Å². The first-order valence-corrected chi connectivity index (χ1v) is 9.92. The number of ether oxygens (including phenoxy) is 1. The Morgan fingerprint density at radius 2 is 2.04 bits per heavy atom. The topological polar surface area (TPSA) is 114 Å². The van der Waals surface area contributed by atoms with Crippen LogP contribution in [-0.2, 0) is 19.1 Å². The van der Waals surface area contributed by atoms with E-state index < -0.39 is 18.1 Å². The second kappa shape index (κ2) is 9.96.